The third-order valence-electron chi connectivity index (χ3n) is 3.01. The van der Waals surface area contributed by atoms with E-state index in [-0.39, 0.29) is 11.2 Å². The zero-order chi connectivity index (χ0) is 12.9. The molecule has 2 heterocycles. The van der Waals surface area contributed by atoms with E-state index >= 15 is 0 Å². The Bertz CT molecular complexity index is 842. The summed E-state index contributed by atoms with van der Waals surface area (Å²) in [6.07, 6.45) is 0. The highest BCUT2D eigenvalue weighted by Gasteiger charge is 2.16. The Morgan fingerprint density at radius 3 is 2.78 bits per heavy atom. The SMILES string of the molecule is Cn1c2ccccc2c2oc(C(N)=O)cc(=O)c21. The third kappa shape index (κ3) is 1.27. The first-order chi connectivity index (χ1) is 8.59. The van der Waals surface area contributed by atoms with Gasteiger partial charge in [0.25, 0.3) is 5.91 Å². The predicted molar refractivity (Wildman–Crippen MR) is 67.5 cm³/mol. The molecule has 0 saturated carbocycles. The molecule has 1 aromatic carbocycles. The highest BCUT2D eigenvalue weighted by Crippen LogP contribution is 2.26. The van der Waals surface area contributed by atoms with Gasteiger partial charge in [-0.3, -0.25) is 9.59 Å². The molecule has 0 bridgehead atoms. The number of fused-ring (bicyclic) bond motifs is 3. The summed E-state index contributed by atoms with van der Waals surface area (Å²) < 4.78 is 7.19. The van der Waals surface area contributed by atoms with Gasteiger partial charge in [0.1, 0.15) is 5.52 Å². The quantitative estimate of drug-likeness (QED) is 0.700. The third-order valence-corrected chi connectivity index (χ3v) is 3.01. The average Bonchev–Trinajstić information content (AvgIpc) is 2.64. The molecule has 18 heavy (non-hydrogen) atoms. The van der Waals surface area contributed by atoms with Gasteiger partial charge in [-0.1, -0.05) is 12.1 Å². The van der Waals surface area contributed by atoms with Gasteiger partial charge in [0.05, 0.1) is 5.52 Å². The van der Waals surface area contributed by atoms with E-state index in [9.17, 15) is 9.59 Å². The summed E-state index contributed by atoms with van der Waals surface area (Å²) in [5.41, 5.74) is 6.57. The van der Waals surface area contributed by atoms with Crippen LogP contribution < -0.4 is 11.2 Å². The lowest BCUT2D eigenvalue weighted by molar-refractivity contribution is 0.0974. The number of rotatable bonds is 1. The van der Waals surface area contributed by atoms with Crippen molar-refractivity contribution in [1.82, 2.24) is 4.57 Å². The highest BCUT2D eigenvalue weighted by atomic mass is 16.3. The summed E-state index contributed by atoms with van der Waals surface area (Å²) in [6, 6.07) is 8.57. The van der Waals surface area contributed by atoms with Gasteiger partial charge in [-0.15, -0.1) is 0 Å². The van der Waals surface area contributed by atoms with Crippen molar-refractivity contribution in [3.63, 3.8) is 0 Å². The van der Waals surface area contributed by atoms with Gasteiger partial charge in [-0.05, 0) is 12.1 Å². The van der Waals surface area contributed by atoms with Crippen LogP contribution in [0, 0.1) is 0 Å². The van der Waals surface area contributed by atoms with Gasteiger partial charge in [0, 0.05) is 18.5 Å². The fraction of sp³-hybridized carbons (Fsp3) is 0.0769. The maximum atomic E-state index is 12.0. The second kappa shape index (κ2) is 3.46. The van der Waals surface area contributed by atoms with Gasteiger partial charge >= 0.3 is 0 Å². The molecule has 0 radical (unpaired) electrons. The van der Waals surface area contributed by atoms with E-state index in [2.05, 4.69) is 0 Å². The molecule has 3 aromatic rings. The summed E-state index contributed by atoms with van der Waals surface area (Å²) >= 11 is 0. The van der Waals surface area contributed by atoms with Crippen molar-refractivity contribution in [3.05, 3.63) is 46.3 Å². The van der Waals surface area contributed by atoms with Crippen LogP contribution in [0.4, 0.5) is 0 Å². The number of aryl methyl sites for hydroxylation is 1. The van der Waals surface area contributed by atoms with Crippen molar-refractivity contribution in [3.8, 4) is 0 Å². The Kier molecular flexibility index (Phi) is 2.04. The van der Waals surface area contributed by atoms with Crippen LogP contribution in [0.2, 0.25) is 0 Å². The van der Waals surface area contributed by atoms with E-state index in [1.54, 1.807) is 11.6 Å². The zero-order valence-corrected chi connectivity index (χ0v) is 9.64. The molecule has 0 unspecified atom stereocenters. The van der Waals surface area contributed by atoms with E-state index < -0.39 is 5.91 Å². The second-order valence-electron chi connectivity index (χ2n) is 4.09. The van der Waals surface area contributed by atoms with E-state index in [0.717, 1.165) is 17.0 Å². The van der Waals surface area contributed by atoms with Crippen LogP contribution in [0.15, 0.2) is 39.5 Å². The number of aromatic nitrogens is 1. The Balaban J connectivity index is 2.61. The average molecular weight is 242 g/mol. The minimum Gasteiger partial charge on any atom is -0.448 e. The number of hydrogen-bond acceptors (Lipinski definition) is 3. The predicted octanol–water partition coefficient (Wildman–Crippen LogP) is 1.38. The number of carbonyl (C=O) groups is 1. The Morgan fingerprint density at radius 2 is 2.06 bits per heavy atom. The van der Waals surface area contributed by atoms with Gasteiger partial charge in [-0.2, -0.15) is 0 Å². The number of primary amides is 1. The Labute approximate surface area is 101 Å². The van der Waals surface area contributed by atoms with Gasteiger partial charge in [0.15, 0.2) is 11.3 Å². The standard InChI is InChI=1S/C13H10N2O3/c1-15-8-5-3-2-4-7(8)12-11(15)9(16)6-10(18-12)13(14)17/h2-6H,1H3,(H2,14,17). The molecule has 0 atom stereocenters. The molecule has 0 saturated heterocycles. The molecular weight excluding hydrogens is 232 g/mol. The molecule has 0 aliphatic heterocycles. The fourth-order valence-corrected chi connectivity index (χ4v) is 2.19. The van der Waals surface area contributed by atoms with Crippen molar-refractivity contribution < 1.29 is 9.21 Å². The van der Waals surface area contributed by atoms with Gasteiger partial charge in [-0.25, -0.2) is 0 Å². The van der Waals surface area contributed by atoms with Crippen LogP contribution >= 0.6 is 0 Å². The number of carbonyl (C=O) groups excluding carboxylic acids is 1. The lowest BCUT2D eigenvalue weighted by Gasteiger charge is -1.97. The van der Waals surface area contributed by atoms with Crippen LogP contribution in [-0.4, -0.2) is 10.5 Å². The Hall–Kier alpha value is -2.56. The van der Waals surface area contributed by atoms with E-state index in [1.165, 1.54) is 0 Å². The number of amides is 1. The molecule has 0 fully saturated rings. The number of nitrogens with zero attached hydrogens (tertiary/aromatic N) is 1. The fourth-order valence-electron chi connectivity index (χ4n) is 2.19. The molecule has 5 heteroatoms. The maximum absolute atomic E-state index is 12.0. The number of hydrogen-bond donors (Lipinski definition) is 1. The van der Waals surface area contributed by atoms with E-state index in [4.69, 9.17) is 10.2 Å². The summed E-state index contributed by atoms with van der Waals surface area (Å²) in [6.45, 7) is 0. The number of nitrogens with two attached hydrogens (primary N) is 1. The summed E-state index contributed by atoms with van der Waals surface area (Å²) in [7, 11) is 1.78. The van der Waals surface area contributed by atoms with Crippen molar-refractivity contribution >= 4 is 27.9 Å². The molecule has 5 nitrogen and oxygen atoms in total. The van der Waals surface area contributed by atoms with Crippen LogP contribution in [0.5, 0.6) is 0 Å². The minimum atomic E-state index is -0.748. The topological polar surface area (TPSA) is 78.2 Å². The molecule has 2 aromatic heterocycles. The van der Waals surface area contributed by atoms with E-state index in [1.807, 2.05) is 24.3 Å². The smallest absolute Gasteiger partial charge is 0.284 e. The summed E-state index contributed by atoms with van der Waals surface area (Å²) in [5.74, 6) is -0.870. The molecule has 90 valence electrons. The summed E-state index contributed by atoms with van der Waals surface area (Å²) in [4.78, 5) is 23.1. The van der Waals surface area contributed by atoms with Crippen molar-refractivity contribution in [2.24, 2.45) is 12.8 Å². The molecule has 0 aliphatic carbocycles. The molecule has 0 spiro atoms. The zero-order valence-electron chi connectivity index (χ0n) is 9.64. The number of para-hydroxylation sites is 1. The van der Waals surface area contributed by atoms with E-state index in [0.29, 0.717) is 11.1 Å². The first kappa shape index (κ1) is 10.6. The molecule has 2 N–H and O–H groups in total. The largest absolute Gasteiger partial charge is 0.448 e. The number of benzene rings is 1. The lowest BCUT2D eigenvalue weighted by atomic mass is 10.2. The summed E-state index contributed by atoms with van der Waals surface area (Å²) in [5, 5.41) is 0.787. The second-order valence-corrected chi connectivity index (χ2v) is 4.09. The molecular formula is C13H10N2O3. The van der Waals surface area contributed by atoms with Crippen molar-refractivity contribution in [2.45, 2.75) is 0 Å². The van der Waals surface area contributed by atoms with Crippen molar-refractivity contribution in [1.29, 1.82) is 0 Å². The highest BCUT2D eigenvalue weighted by molar-refractivity contribution is 6.05. The first-order valence-electron chi connectivity index (χ1n) is 5.40. The Morgan fingerprint density at radius 1 is 1.33 bits per heavy atom. The molecule has 0 aliphatic rings. The first-order valence-corrected chi connectivity index (χ1v) is 5.40. The maximum Gasteiger partial charge on any atom is 0.284 e. The van der Waals surface area contributed by atoms with Gasteiger partial charge in [0.2, 0.25) is 5.43 Å². The molecule has 3 rings (SSSR count). The lowest BCUT2D eigenvalue weighted by Crippen LogP contribution is -2.15. The molecule has 1 amide bonds. The van der Waals surface area contributed by atoms with Crippen LogP contribution in [0.3, 0.4) is 0 Å². The minimum absolute atomic E-state index is 0.121. The van der Waals surface area contributed by atoms with Crippen LogP contribution in [0.25, 0.3) is 22.0 Å². The van der Waals surface area contributed by atoms with Crippen LogP contribution in [-0.2, 0) is 7.05 Å². The monoisotopic (exact) mass is 242 g/mol. The normalized spacial score (nSPS) is 11.2. The van der Waals surface area contributed by atoms with Gasteiger partial charge < -0.3 is 14.7 Å². The van der Waals surface area contributed by atoms with Crippen LogP contribution in [0.1, 0.15) is 10.6 Å². The van der Waals surface area contributed by atoms with Crippen molar-refractivity contribution in [2.75, 3.05) is 0 Å².